The Morgan fingerprint density at radius 1 is 1.21 bits per heavy atom. The van der Waals surface area contributed by atoms with E-state index in [2.05, 4.69) is 5.32 Å². The van der Waals surface area contributed by atoms with Crippen molar-refractivity contribution in [2.24, 2.45) is 0 Å². The summed E-state index contributed by atoms with van der Waals surface area (Å²) < 4.78 is 0. The lowest BCUT2D eigenvalue weighted by molar-refractivity contribution is -0.122. The number of carbonyl (C=O) groups is 2. The first-order valence-electron chi connectivity index (χ1n) is 6.79. The normalized spacial score (nSPS) is 16.7. The largest absolute Gasteiger partial charge is 0.298 e. The molecule has 1 N–H and O–H groups in total. The summed E-state index contributed by atoms with van der Waals surface area (Å²) in [5.74, 6) is -1.02. The highest BCUT2D eigenvalue weighted by Gasteiger charge is 2.34. The second kappa shape index (κ2) is 6.64. The van der Waals surface area contributed by atoms with Crippen LogP contribution in [0.4, 0.5) is 5.69 Å². The summed E-state index contributed by atoms with van der Waals surface area (Å²) in [5.41, 5.74) is 1.44. The van der Waals surface area contributed by atoms with Crippen molar-refractivity contribution in [3.8, 4) is 0 Å². The highest BCUT2D eigenvalue weighted by atomic mass is 35.5. The SMILES string of the molecule is Cc1ccsc1/C=C1\C(=O)NC(=S)N(c2ccc(Cl)c(Cl)c2)C1=O. The fraction of sp³-hybridized carbons (Fsp3) is 0.0625. The third kappa shape index (κ3) is 3.10. The Hall–Kier alpha value is -1.73. The lowest BCUT2D eigenvalue weighted by Gasteiger charge is -2.29. The van der Waals surface area contributed by atoms with Crippen LogP contribution < -0.4 is 10.2 Å². The van der Waals surface area contributed by atoms with E-state index < -0.39 is 11.8 Å². The number of hydrogen-bond acceptors (Lipinski definition) is 4. The van der Waals surface area contributed by atoms with Crippen LogP contribution in [0.5, 0.6) is 0 Å². The van der Waals surface area contributed by atoms with E-state index in [1.165, 1.54) is 22.3 Å². The van der Waals surface area contributed by atoms with Crippen LogP contribution in [0, 0.1) is 6.92 Å². The molecule has 4 nitrogen and oxygen atoms in total. The first-order valence-corrected chi connectivity index (χ1v) is 8.83. The highest BCUT2D eigenvalue weighted by molar-refractivity contribution is 7.80. The number of carbonyl (C=O) groups excluding carboxylic acids is 2. The molecular weight excluding hydrogens is 387 g/mol. The van der Waals surface area contributed by atoms with Gasteiger partial charge in [0.2, 0.25) is 0 Å². The van der Waals surface area contributed by atoms with E-state index in [0.717, 1.165) is 10.4 Å². The molecular formula is C16H10Cl2N2O2S2. The van der Waals surface area contributed by atoms with Gasteiger partial charge >= 0.3 is 0 Å². The first kappa shape index (κ1) is 17.1. The van der Waals surface area contributed by atoms with Gasteiger partial charge in [0, 0.05) is 4.88 Å². The standard InChI is InChI=1S/C16H10Cl2N2O2S2/c1-8-4-5-24-13(8)7-10-14(21)19-16(23)20(15(10)22)9-2-3-11(17)12(18)6-9/h2-7H,1H3,(H,19,21,23)/b10-7+. The molecule has 0 atom stereocenters. The maximum atomic E-state index is 12.8. The van der Waals surface area contributed by atoms with Crippen molar-refractivity contribution in [3.05, 3.63) is 55.7 Å². The van der Waals surface area contributed by atoms with Crippen molar-refractivity contribution in [3.63, 3.8) is 0 Å². The molecule has 0 saturated carbocycles. The molecule has 1 aromatic carbocycles. The molecule has 1 saturated heterocycles. The molecule has 2 aromatic rings. The van der Waals surface area contributed by atoms with Crippen LogP contribution in [-0.4, -0.2) is 16.9 Å². The maximum absolute atomic E-state index is 12.8. The van der Waals surface area contributed by atoms with E-state index >= 15 is 0 Å². The zero-order valence-corrected chi connectivity index (χ0v) is 15.4. The van der Waals surface area contributed by atoms with E-state index in [9.17, 15) is 9.59 Å². The number of thiocarbonyl (C=S) groups is 1. The van der Waals surface area contributed by atoms with E-state index in [-0.39, 0.29) is 10.7 Å². The van der Waals surface area contributed by atoms with Crippen LogP contribution in [0.2, 0.25) is 10.0 Å². The van der Waals surface area contributed by atoms with Crippen LogP contribution in [0.15, 0.2) is 35.2 Å². The molecule has 0 radical (unpaired) electrons. The van der Waals surface area contributed by atoms with Gasteiger partial charge in [0.05, 0.1) is 15.7 Å². The van der Waals surface area contributed by atoms with Gasteiger partial charge in [-0.1, -0.05) is 23.2 Å². The molecule has 0 aliphatic carbocycles. The van der Waals surface area contributed by atoms with Gasteiger partial charge in [0.1, 0.15) is 5.57 Å². The average molecular weight is 397 g/mol. The second-order valence-corrected chi connectivity index (χ2v) is 7.17. The molecule has 1 aromatic heterocycles. The maximum Gasteiger partial charge on any atom is 0.270 e. The Bertz CT molecular complexity index is 905. The Kier molecular flexibility index (Phi) is 4.73. The number of hydrogen-bond donors (Lipinski definition) is 1. The molecule has 1 aliphatic heterocycles. The lowest BCUT2D eigenvalue weighted by atomic mass is 10.1. The van der Waals surface area contributed by atoms with Crippen molar-refractivity contribution in [2.75, 3.05) is 4.90 Å². The summed E-state index contributed by atoms with van der Waals surface area (Å²) in [6.45, 7) is 1.91. The summed E-state index contributed by atoms with van der Waals surface area (Å²) in [5, 5.41) is 5.09. The van der Waals surface area contributed by atoms with Crippen molar-refractivity contribution in [2.45, 2.75) is 6.92 Å². The minimum atomic E-state index is -0.519. The fourth-order valence-electron chi connectivity index (χ4n) is 2.18. The zero-order valence-electron chi connectivity index (χ0n) is 12.3. The van der Waals surface area contributed by atoms with Gasteiger partial charge < -0.3 is 0 Å². The minimum Gasteiger partial charge on any atom is -0.298 e. The van der Waals surface area contributed by atoms with Gasteiger partial charge in [0.25, 0.3) is 11.8 Å². The molecule has 1 aliphatic rings. The predicted octanol–water partition coefficient (Wildman–Crippen LogP) is 4.19. The number of amides is 2. The Morgan fingerprint density at radius 3 is 2.58 bits per heavy atom. The van der Waals surface area contributed by atoms with E-state index in [0.29, 0.717) is 15.7 Å². The molecule has 0 spiro atoms. The van der Waals surface area contributed by atoms with E-state index in [1.54, 1.807) is 18.2 Å². The first-order chi connectivity index (χ1) is 11.4. The number of aryl methyl sites for hydroxylation is 1. The monoisotopic (exact) mass is 396 g/mol. The molecule has 0 unspecified atom stereocenters. The number of anilines is 1. The van der Waals surface area contributed by atoms with Gasteiger partial charge in [-0.3, -0.25) is 19.8 Å². The van der Waals surface area contributed by atoms with Crippen LogP contribution in [0.25, 0.3) is 6.08 Å². The molecule has 2 heterocycles. The molecule has 24 heavy (non-hydrogen) atoms. The number of thiophene rings is 1. The van der Waals surface area contributed by atoms with Crippen LogP contribution in [0.3, 0.4) is 0 Å². The molecule has 3 rings (SSSR count). The third-order valence-electron chi connectivity index (χ3n) is 3.44. The van der Waals surface area contributed by atoms with Crippen LogP contribution in [-0.2, 0) is 9.59 Å². The second-order valence-electron chi connectivity index (χ2n) is 5.02. The van der Waals surface area contributed by atoms with Gasteiger partial charge in [-0.05, 0) is 60.4 Å². The summed E-state index contributed by atoms with van der Waals surface area (Å²) in [4.78, 5) is 27.1. The summed E-state index contributed by atoms with van der Waals surface area (Å²) in [6, 6.07) is 6.63. The number of rotatable bonds is 2. The van der Waals surface area contributed by atoms with Crippen molar-refractivity contribution < 1.29 is 9.59 Å². The predicted molar refractivity (Wildman–Crippen MR) is 102 cm³/mol. The average Bonchev–Trinajstić information content (AvgIpc) is 2.92. The fourth-order valence-corrected chi connectivity index (χ4v) is 3.61. The number of halogens is 2. The molecule has 122 valence electrons. The topological polar surface area (TPSA) is 49.4 Å². The minimum absolute atomic E-state index is 0.00319. The number of benzene rings is 1. The van der Waals surface area contributed by atoms with Gasteiger partial charge in [-0.25, -0.2) is 0 Å². The smallest absolute Gasteiger partial charge is 0.270 e. The Balaban J connectivity index is 2.04. The van der Waals surface area contributed by atoms with Gasteiger partial charge in [-0.15, -0.1) is 11.3 Å². The Labute approximate surface area is 157 Å². The van der Waals surface area contributed by atoms with Gasteiger partial charge in [-0.2, -0.15) is 0 Å². The Morgan fingerprint density at radius 2 is 1.96 bits per heavy atom. The third-order valence-corrected chi connectivity index (χ3v) is 5.43. The summed E-state index contributed by atoms with van der Waals surface area (Å²) >= 11 is 18.5. The van der Waals surface area contributed by atoms with Crippen molar-refractivity contribution >= 4 is 75.4 Å². The van der Waals surface area contributed by atoms with Crippen molar-refractivity contribution in [1.82, 2.24) is 5.32 Å². The van der Waals surface area contributed by atoms with Crippen LogP contribution in [0.1, 0.15) is 10.4 Å². The lowest BCUT2D eigenvalue weighted by Crippen LogP contribution is -2.54. The van der Waals surface area contributed by atoms with E-state index in [4.69, 9.17) is 35.4 Å². The van der Waals surface area contributed by atoms with Crippen molar-refractivity contribution in [1.29, 1.82) is 0 Å². The number of nitrogens with zero attached hydrogens (tertiary/aromatic N) is 1. The zero-order chi connectivity index (χ0) is 17.4. The highest BCUT2D eigenvalue weighted by Crippen LogP contribution is 2.30. The quantitative estimate of drug-likeness (QED) is 0.470. The molecule has 0 bridgehead atoms. The van der Waals surface area contributed by atoms with E-state index in [1.807, 2.05) is 18.4 Å². The van der Waals surface area contributed by atoms with Gasteiger partial charge in [0.15, 0.2) is 5.11 Å². The molecule has 1 fully saturated rings. The molecule has 2 amide bonds. The number of nitrogens with one attached hydrogen (secondary N) is 1. The summed E-state index contributed by atoms with van der Waals surface area (Å²) in [6.07, 6.45) is 1.57. The van der Waals surface area contributed by atoms with Crippen LogP contribution >= 0.6 is 46.8 Å². The summed E-state index contributed by atoms with van der Waals surface area (Å²) in [7, 11) is 0. The molecule has 8 heteroatoms.